The Balaban J connectivity index is 1.61. The maximum Gasteiger partial charge on any atom is 0.241 e. The van der Waals surface area contributed by atoms with Gasteiger partial charge >= 0.3 is 0 Å². The first-order valence-corrected chi connectivity index (χ1v) is 7.87. The Bertz CT molecular complexity index is 612. The van der Waals surface area contributed by atoms with Crippen LogP contribution in [0.15, 0.2) is 60.7 Å². The van der Waals surface area contributed by atoms with E-state index < -0.39 is 0 Å². The molecule has 1 saturated heterocycles. The van der Waals surface area contributed by atoms with Crippen LogP contribution in [0, 0.1) is 0 Å². The van der Waals surface area contributed by atoms with Crippen molar-refractivity contribution in [1.82, 2.24) is 4.90 Å². The topological polar surface area (TPSA) is 23.6 Å². The molecule has 1 heterocycles. The van der Waals surface area contributed by atoms with Crippen molar-refractivity contribution in [2.75, 3.05) is 24.5 Å². The molecular weight excluding hydrogens is 272 g/mol. The Morgan fingerprint density at radius 1 is 0.955 bits per heavy atom. The molecule has 114 valence electrons. The second kappa shape index (κ2) is 6.75. The first-order valence-electron chi connectivity index (χ1n) is 7.87. The van der Waals surface area contributed by atoms with Crippen molar-refractivity contribution >= 4 is 11.6 Å². The van der Waals surface area contributed by atoms with Crippen LogP contribution in [0.5, 0.6) is 0 Å². The standard InChI is InChI=1S/C19H22N2O/c1-16(14-17-8-4-2-5-9-17)20-12-13-21(19(22)15-20)18-10-6-3-7-11-18/h2-11,16H,12-15H2,1H3/t16-/m1/s1. The van der Waals surface area contributed by atoms with Gasteiger partial charge in [0, 0.05) is 24.8 Å². The van der Waals surface area contributed by atoms with E-state index in [1.54, 1.807) is 0 Å². The molecule has 1 atom stereocenters. The highest BCUT2D eigenvalue weighted by Crippen LogP contribution is 2.18. The molecule has 22 heavy (non-hydrogen) atoms. The summed E-state index contributed by atoms with van der Waals surface area (Å²) in [4.78, 5) is 16.6. The molecule has 3 rings (SSSR count). The normalized spacial score (nSPS) is 17.5. The van der Waals surface area contributed by atoms with Crippen LogP contribution in [0.3, 0.4) is 0 Å². The molecular formula is C19H22N2O. The molecule has 2 aromatic carbocycles. The first kappa shape index (κ1) is 14.8. The summed E-state index contributed by atoms with van der Waals surface area (Å²) in [5.74, 6) is 0.192. The van der Waals surface area contributed by atoms with Gasteiger partial charge in [-0.15, -0.1) is 0 Å². The van der Waals surface area contributed by atoms with Gasteiger partial charge in [-0.3, -0.25) is 9.69 Å². The fourth-order valence-corrected chi connectivity index (χ4v) is 3.03. The minimum absolute atomic E-state index is 0.192. The first-order chi connectivity index (χ1) is 10.7. The Kier molecular flexibility index (Phi) is 4.54. The minimum atomic E-state index is 0.192. The van der Waals surface area contributed by atoms with Gasteiger partial charge in [0.1, 0.15) is 0 Å². The largest absolute Gasteiger partial charge is 0.310 e. The average molecular weight is 294 g/mol. The highest BCUT2D eigenvalue weighted by Gasteiger charge is 2.27. The predicted octanol–water partition coefficient (Wildman–Crippen LogP) is 2.97. The molecule has 1 aliphatic rings. The Morgan fingerprint density at radius 2 is 1.59 bits per heavy atom. The van der Waals surface area contributed by atoms with Crippen LogP contribution in [0.1, 0.15) is 12.5 Å². The van der Waals surface area contributed by atoms with E-state index in [-0.39, 0.29) is 5.91 Å². The third kappa shape index (κ3) is 3.37. The van der Waals surface area contributed by atoms with Gasteiger partial charge in [0.05, 0.1) is 6.54 Å². The Morgan fingerprint density at radius 3 is 2.23 bits per heavy atom. The molecule has 0 bridgehead atoms. The summed E-state index contributed by atoms with van der Waals surface area (Å²) in [7, 11) is 0. The molecule has 1 aliphatic heterocycles. The molecule has 2 aromatic rings. The van der Waals surface area contributed by atoms with Crippen LogP contribution in [0.2, 0.25) is 0 Å². The molecule has 0 radical (unpaired) electrons. The second-order valence-electron chi connectivity index (χ2n) is 5.89. The zero-order valence-electron chi connectivity index (χ0n) is 13.0. The van der Waals surface area contributed by atoms with E-state index in [4.69, 9.17) is 0 Å². The van der Waals surface area contributed by atoms with Crippen molar-refractivity contribution in [3.63, 3.8) is 0 Å². The van der Waals surface area contributed by atoms with Crippen molar-refractivity contribution in [3.8, 4) is 0 Å². The molecule has 3 heteroatoms. The van der Waals surface area contributed by atoms with Gasteiger partial charge in [-0.1, -0.05) is 48.5 Å². The average Bonchev–Trinajstić information content (AvgIpc) is 2.56. The number of piperazine rings is 1. The van der Waals surface area contributed by atoms with Gasteiger partial charge in [0.15, 0.2) is 0 Å². The quantitative estimate of drug-likeness (QED) is 0.865. The summed E-state index contributed by atoms with van der Waals surface area (Å²) in [6, 6.07) is 20.8. The number of nitrogens with zero attached hydrogens (tertiary/aromatic N) is 2. The minimum Gasteiger partial charge on any atom is -0.310 e. The zero-order chi connectivity index (χ0) is 15.4. The lowest BCUT2D eigenvalue weighted by molar-refractivity contribution is -0.121. The lowest BCUT2D eigenvalue weighted by Crippen LogP contribution is -2.53. The number of carbonyl (C=O) groups excluding carboxylic acids is 1. The molecule has 0 aromatic heterocycles. The van der Waals surface area contributed by atoms with Crippen LogP contribution in [-0.2, 0) is 11.2 Å². The number of carbonyl (C=O) groups is 1. The van der Waals surface area contributed by atoms with E-state index in [0.717, 1.165) is 25.2 Å². The van der Waals surface area contributed by atoms with Gasteiger partial charge in [-0.05, 0) is 31.0 Å². The Hall–Kier alpha value is -2.13. The Labute approximate surface area is 132 Å². The van der Waals surface area contributed by atoms with Crippen molar-refractivity contribution in [2.45, 2.75) is 19.4 Å². The van der Waals surface area contributed by atoms with Crippen molar-refractivity contribution in [1.29, 1.82) is 0 Å². The van der Waals surface area contributed by atoms with E-state index in [0.29, 0.717) is 12.6 Å². The van der Waals surface area contributed by atoms with E-state index >= 15 is 0 Å². The lowest BCUT2D eigenvalue weighted by Gasteiger charge is -2.37. The smallest absolute Gasteiger partial charge is 0.241 e. The van der Waals surface area contributed by atoms with Crippen molar-refractivity contribution < 1.29 is 4.79 Å². The molecule has 0 N–H and O–H groups in total. The maximum absolute atomic E-state index is 12.4. The molecule has 1 fully saturated rings. The maximum atomic E-state index is 12.4. The predicted molar refractivity (Wildman–Crippen MR) is 90.0 cm³/mol. The third-order valence-electron chi connectivity index (χ3n) is 4.32. The van der Waals surface area contributed by atoms with E-state index in [1.165, 1.54) is 5.56 Å². The molecule has 0 unspecified atom stereocenters. The SMILES string of the molecule is C[C@H](Cc1ccccc1)N1CCN(c2ccccc2)C(=O)C1. The van der Waals surface area contributed by atoms with Crippen LogP contribution in [0.25, 0.3) is 0 Å². The number of para-hydroxylation sites is 1. The number of hydrogen-bond donors (Lipinski definition) is 0. The van der Waals surface area contributed by atoms with E-state index in [2.05, 4.69) is 36.1 Å². The van der Waals surface area contributed by atoms with Crippen molar-refractivity contribution in [2.24, 2.45) is 0 Å². The molecule has 3 nitrogen and oxygen atoms in total. The zero-order valence-corrected chi connectivity index (χ0v) is 13.0. The molecule has 0 spiro atoms. The summed E-state index contributed by atoms with van der Waals surface area (Å²) >= 11 is 0. The van der Waals surface area contributed by atoms with Gasteiger partial charge in [0.25, 0.3) is 0 Å². The fourth-order valence-electron chi connectivity index (χ4n) is 3.03. The van der Waals surface area contributed by atoms with E-state index in [9.17, 15) is 4.79 Å². The highest BCUT2D eigenvalue weighted by molar-refractivity contribution is 5.95. The van der Waals surface area contributed by atoms with Gasteiger partial charge in [-0.2, -0.15) is 0 Å². The summed E-state index contributed by atoms with van der Waals surface area (Å²) < 4.78 is 0. The number of hydrogen-bond acceptors (Lipinski definition) is 2. The number of anilines is 1. The number of benzene rings is 2. The van der Waals surface area contributed by atoms with Crippen LogP contribution >= 0.6 is 0 Å². The van der Waals surface area contributed by atoms with Gasteiger partial charge in [0.2, 0.25) is 5.91 Å². The molecule has 1 amide bonds. The monoisotopic (exact) mass is 294 g/mol. The summed E-state index contributed by atoms with van der Waals surface area (Å²) in [5.41, 5.74) is 2.33. The summed E-state index contributed by atoms with van der Waals surface area (Å²) in [6.45, 7) is 4.40. The highest BCUT2D eigenvalue weighted by atomic mass is 16.2. The van der Waals surface area contributed by atoms with Crippen LogP contribution in [-0.4, -0.2) is 36.5 Å². The lowest BCUT2D eigenvalue weighted by atomic mass is 10.1. The molecule has 0 aliphatic carbocycles. The van der Waals surface area contributed by atoms with Crippen LogP contribution < -0.4 is 4.90 Å². The number of rotatable bonds is 4. The second-order valence-corrected chi connectivity index (χ2v) is 5.89. The number of amides is 1. The fraction of sp³-hybridized carbons (Fsp3) is 0.316. The van der Waals surface area contributed by atoms with Crippen LogP contribution in [0.4, 0.5) is 5.69 Å². The van der Waals surface area contributed by atoms with Crippen molar-refractivity contribution in [3.05, 3.63) is 66.2 Å². The summed E-state index contributed by atoms with van der Waals surface area (Å²) in [5, 5.41) is 0. The van der Waals surface area contributed by atoms with Gasteiger partial charge in [-0.25, -0.2) is 0 Å². The van der Waals surface area contributed by atoms with E-state index in [1.807, 2.05) is 41.3 Å². The molecule has 0 saturated carbocycles. The summed E-state index contributed by atoms with van der Waals surface area (Å²) in [6.07, 6.45) is 0.986. The van der Waals surface area contributed by atoms with Gasteiger partial charge < -0.3 is 4.90 Å². The third-order valence-corrected chi connectivity index (χ3v) is 4.32.